The summed E-state index contributed by atoms with van der Waals surface area (Å²) in [5.41, 5.74) is 6.61. The fourth-order valence-electron chi connectivity index (χ4n) is 1.67. The molecule has 0 aliphatic heterocycles. The second-order valence-corrected chi connectivity index (χ2v) is 6.65. The van der Waals surface area contributed by atoms with E-state index in [1.807, 2.05) is 0 Å². The van der Waals surface area contributed by atoms with Gasteiger partial charge in [-0.1, -0.05) is 28.1 Å². The molecule has 0 amide bonds. The van der Waals surface area contributed by atoms with Gasteiger partial charge in [0.25, 0.3) is 10.0 Å². The van der Waals surface area contributed by atoms with Gasteiger partial charge in [0.05, 0.1) is 0 Å². The van der Waals surface area contributed by atoms with E-state index in [2.05, 4.69) is 20.7 Å². The largest absolute Gasteiger partial charge is 0.326 e. The number of halogens is 2. The van der Waals surface area contributed by atoms with Crippen molar-refractivity contribution < 1.29 is 12.8 Å². The Labute approximate surface area is 125 Å². The molecule has 0 atom stereocenters. The van der Waals surface area contributed by atoms with Crippen LogP contribution >= 0.6 is 15.9 Å². The Morgan fingerprint density at radius 3 is 2.60 bits per heavy atom. The van der Waals surface area contributed by atoms with E-state index in [4.69, 9.17) is 5.73 Å². The standard InChI is InChI=1S/C13H12BrFN2O2S/c14-10-4-5-13(12(15)7-10)20(18,19)17-11-3-1-2-9(6-11)8-16/h1-7,17H,8,16H2. The van der Waals surface area contributed by atoms with E-state index in [-0.39, 0.29) is 0 Å². The molecule has 2 rings (SSSR count). The van der Waals surface area contributed by atoms with E-state index in [9.17, 15) is 12.8 Å². The fraction of sp³-hybridized carbons (Fsp3) is 0.0769. The van der Waals surface area contributed by atoms with Crippen molar-refractivity contribution in [3.8, 4) is 0 Å². The Balaban J connectivity index is 2.35. The van der Waals surface area contributed by atoms with E-state index in [0.717, 1.165) is 11.6 Å². The summed E-state index contributed by atoms with van der Waals surface area (Å²) >= 11 is 3.08. The molecular weight excluding hydrogens is 347 g/mol. The van der Waals surface area contributed by atoms with Crippen molar-refractivity contribution in [2.75, 3.05) is 4.72 Å². The van der Waals surface area contributed by atoms with Gasteiger partial charge in [-0.3, -0.25) is 4.72 Å². The minimum Gasteiger partial charge on any atom is -0.326 e. The predicted octanol–water partition coefficient (Wildman–Crippen LogP) is 2.85. The highest BCUT2D eigenvalue weighted by atomic mass is 79.9. The summed E-state index contributed by atoms with van der Waals surface area (Å²) < 4.78 is 40.8. The summed E-state index contributed by atoms with van der Waals surface area (Å²) in [6.07, 6.45) is 0. The molecule has 0 unspecified atom stereocenters. The van der Waals surface area contributed by atoms with Crippen LogP contribution in [-0.2, 0) is 16.6 Å². The zero-order chi connectivity index (χ0) is 14.8. The normalized spacial score (nSPS) is 11.3. The van der Waals surface area contributed by atoms with Gasteiger partial charge in [-0.25, -0.2) is 12.8 Å². The summed E-state index contributed by atoms with van der Waals surface area (Å²) in [6, 6.07) is 10.4. The summed E-state index contributed by atoms with van der Waals surface area (Å²) in [7, 11) is -3.97. The molecular formula is C13H12BrFN2O2S. The van der Waals surface area contributed by atoms with E-state index >= 15 is 0 Å². The smallest absolute Gasteiger partial charge is 0.264 e. The van der Waals surface area contributed by atoms with Crippen LogP contribution in [0.15, 0.2) is 51.8 Å². The van der Waals surface area contributed by atoms with Crippen molar-refractivity contribution in [3.63, 3.8) is 0 Å². The molecule has 20 heavy (non-hydrogen) atoms. The second kappa shape index (κ2) is 5.90. The van der Waals surface area contributed by atoms with Gasteiger partial charge in [-0.2, -0.15) is 0 Å². The lowest BCUT2D eigenvalue weighted by atomic mass is 10.2. The molecule has 7 heteroatoms. The topological polar surface area (TPSA) is 72.2 Å². The molecule has 3 N–H and O–H groups in total. The molecule has 0 aliphatic rings. The Morgan fingerprint density at radius 2 is 1.95 bits per heavy atom. The highest BCUT2D eigenvalue weighted by Gasteiger charge is 2.19. The van der Waals surface area contributed by atoms with Crippen molar-refractivity contribution in [1.29, 1.82) is 0 Å². The van der Waals surface area contributed by atoms with Gasteiger partial charge in [0.15, 0.2) is 0 Å². The minimum absolute atomic E-state index is 0.294. The SMILES string of the molecule is NCc1cccc(NS(=O)(=O)c2ccc(Br)cc2F)c1. The van der Waals surface area contributed by atoms with Crippen LogP contribution < -0.4 is 10.5 Å². The van der Waals surface area contributed by atoms with Gasteiger partial charge in [0.2, 0.25) is 0 Å². The van der Waals surface area contributed by atoms with Crippen molar-refractivity contribution in [2.24, 2.45) is 5.73 Å². The highest BCUT2D eigenvalue weighted by molar-refractivity contribution is 9.10. The van der Waals surface area contributed by atoms with Gasteiger partial charge in [0.1, 0.15) is 10.7 Å². The summed E-state index contributed by atoms with van der Waals surface area (Å²) in [4.78, 5) is -0.404. The van der Waals surface area contributed by atoms with E-state index in [0.29, 0.717) is 16.7 Å². The molecule has 2 aromatic rings. The molecule has 0 heterocycles. The van der Waals surface area contributed by atoms with Gasteiger partial charge in [-0.05, 0) is 35.9 Å². The Hall–Kier alpha value is -1.44. The van der Waals surface area contributed by atoms with Gasteiger partial charge in [-0.15, -0.1) is 0 Å². The lowest BCUT2D eigenvalue weighted by molar-refractivity contribution is 0.570. The van der Waals surface area contributed by atoms with Gasteiger partial charge in [0, 0.05) is 16.7 Å². The van der Waals surface area contributed by atoms with Crippen LogP contribution in [0.5, 0.6) is 0 Å². The molecule has 2 aromatic carbocycles. The first-order valence-electron chi connectivity index (χ1n) is 5.69. The molecule has 0 bridgehead atoms. The first kappa shape index (κ1) is 15.0. The van der Waals surface area contributed by atoms with Crippen LogP contribution in [0.1, 0.15) is 5.56 Å². The van der Waals surface area contributed by atoms with Crippen LogP contribution in [0.2, 0.25) is 0 Å². The Bertz CT molecular complexity index is 735. The number of rotatable bonds is 4. The maximum atomic E-state index is 13.7. The summed E-state index contributed by atoms with van der Waals surface area (Å²) in [5.74, 6) is -0.818. The van der Waals surface area contributed by atoms with Gasteiger partial charge < -0.3 is 5.73 Å². The van der Waals surface area contributed by atoms with Crippen molar-refractivity contribution in [1.82, 2.24) is 0 Å². The van der Waals surface area contributed by atoms with Crippen LogP contribution in [0, 0.1) is 5.82 Å². The number of hydrogen-bond donors (Lipinski definition) is 2. The number of nitrogens with one attached hydrogen (secondary N) is 1. The van der Waals surface area contributed by atoms with Crippen molar-refractivity contribution in [3.05, 3.63) is 58.3 Å². The zero-order valence-electron chi connectivity index (χ0n) is 10.3. The molecule has 0 radical (unpaired) electrons. The Kier molecular flexibility index (Phi) is 4.42. The third kappa shape index (κ3) is 3.36. The number of sulfonamides is 1. The predicted molar refractivity (Wildman–Crippen MR) is 79.2 cm³/mol. The van der Waals surface area contributed by atoms with Crippen molar-refractivity contribution in [2.45, 2.75) is 11.4 Å². The van der Waals surface area contributed by atoms with Gasteiger partial charge >= 0.3 is 0 Å². The monoisotopic (exact) mass is 358 g/mol. The fourth-order valence-corrected chi connectivity index (χ4v) is 3.11. The first-order valence-corrected chi connectivity index (χ1v) is 7.97. The van der Waals surface area contributed by atoms with E-state index in [1.54, 1.807) is 24.3 Å². The van der Waals surface area contributed by atoms with Crippen LogP contribution in [0.25, 0.3) is 0 Å². The van der Waals surface area contributed by atoms with Crippen LogP contribution in [-0.4, -0.2) is 8.42 Å². The molecule has 0 spiro atoms. The minimum atomic E-state index is -3.97. The first-order chi connectivity index (χ1) is 9.42. The lowest BCUT2D eigenvalue weighted by Gasteiger charge is -2.10. The lowest BCUT2D eigenvalue weighted by Crippen LogP contribution is -2.14. The summed E-state index contributed by atoms with van der Waals surface area (Å²) in [5, 5.41) is 0. The third-order valence-corrected chi connectivity index (χ3v) is 4.51. The van der Waals surface area contributed by atoms with Crippen LogP contribution in [0.3, 0.4) is 0 Å². The Morgan fingerprint density at radius 1 is 1.20 bits per heavy atom. The molecule has 0 fully saturated rings. The number of benzene rings is 2. The number of nitrogens with two attached hydrogens (primary N) is 1. The number of hydrogen-bond acceptors (Lipinski definition) is 3. The average Bonchev–Trinajstić information content (AvgIpc) is 2.37. The molecule has 0 aliphatic carbocycles. The maximum absolute atomic E-state index is 13.7. The van der Waals surface area contributed by atoms with Crippen molar-refractivity contribution >= 4 is 31.6 Å². The summed E-state index contributed by atoms with van der Waals surface area (Å²) in [6.45, 7) is 0.294. The third-order valence-electron chi connectivity index (χ3n) is 2.60. The molecule has 4 nitrogen and oxygen atoms in total. The highest BCUT2D eigenvalue weighted by Crippen LogP contribution is 2.22. The molecule has 0 saturated heterocycles. The molecule has 106 valence electrons. The quantitative estimate of drug-likeness (QED) is 0.882. The second-order valence-electron chi connectivity index (χ2n) is 4.08. The molecule has 0 aromatic heterocycles. The molecule has 0 saturated carbocycles. The maximum Gasteiger partial charge on any atom is 0.264 e. The van der Waals surface area contributed by atoms with E-state index < -0.39 is 20.7 Å². The zero-order valence-corrected chi connectivity index (χ0v) is 12.7. The van der Waals surface area contributed by atoms with Crippen LogP contribution in [0.4, 0.5) is 10.1 Å². The van der Waals surface area contributed by atoms with E-state index in [1.165, 1.54) is 12.1 Å². The number of anilines is 1. The average molecular weight is 359 g/mol.